The summed E-state index contributed by atoms with van der Waals surface area (Å²) in [6.45, 7) is 4.44. The van der Waals surface area contributed by atoms with Crippen LogP contribution in [0.25, 0.3) is 0 Å². The van der Waals surface area contributed by atoms with Crippen LogP contribution in [0.1, 0.15) is 32.1 Å². The van der Waals surface area contributed by atoms with Crippen molar-refractivity contribution in [2.75, 3.05) is 44.2 Å². The molecule has 9 nitrogen and oxygen atoms in total. The Morgan fingerprint density at radius 1 is 1.15 bits per heavy atom. The molecular weight excluding hydrogens is 438 g/mol. The summed E-state index contributed by atoms with van der Waals surface area (Å²) in [5.41, 5.74) is 0. The molecule has 5 rings (SSSR count). The Balaban J connectivity index is 1.09. The van der Waals surface area contributed by atoms with E-state index >= 15 is 0 Å². The lowest BCUT2D eigenvalue weighted by Crippen LogP contribution is -2.58. The molecule has 0 radical (unpaired) electrons. The van der Waals surface area contributed by atoms with Crippen molar-refractivity contribution in [3.05, 3.63) is 24.4 Å². The average Bonchev–Trinajstić information content (AvgIpc) is 3.54. The van der Waals surface area contributed by atoms with Gasteiger partial charge in [-0.1, -0.05) is 6.07 Å². The Morgan fingerprint density at radius 2 is 1.94 bits per heavy atom. The fourth-order valence-electron chi connectivity index (χ4n) is 5.16. The quantitative estimate of drug-likeness (QED) is 0.503. The zero-order valence-corrected chi connectivity index (χ0v) is 19.7. The van der Waals surface area contributed by atoms with Crippen molar-refractivity contribution in [3.63, 3.8) is 0 Å². The monoisotopic (exact) mass is 471 g/mol. The Bertz CT molecular complexity index is 873. The first kappa shape index (κ1) is 22.3. The maximum Gasteiger partial charge on any atom is 0.237 e. The molecule has 1 aromatic rings. The van der Waals surface area contributed by atoms with Gasteiger partial charge in [0, 0.05) is 70.0 Å². The molecule has 4 heterocycles. The van der Waals surface area contributed by atoms with E-state index in [1.807, 2.05) is 23.1 Å². The van der Waals surface area contributed by atoms with Crippen LogP contribution in [0.5, 0.6) is 0 Å². The Morgan fingerprint density at radius 3 is 2.67 bits per heavy atom. The average molecular weight is 472 g/mol. The lowest BCUT2D eigenvalue weighted by Gasteiger charge is -2.38. The zero-order valence-electron chi connectivity index (χ0n) is 18.9. The fourth-order valence-corrected chi connectivity index (χ4v) is 5.50. The topological polar surface area (TPSA) is 92.8 Å². The predicted molar refractivity (Wildman–Crippen MR) is 130 cm³/mol. The second kappa shape index (κ2) is 9.80. The summed E-state index contributed by atoms with van der Waals surface area (Å²) in [4.78, 5) is 36.3. The third-order valence-corrected chi connectivity index (χ3v) is 7.40. The van der Waals surface area contributed by atoms with Crippen LogP contribution in [0.4, 0.5) is 5.82 Å². The first-order chi connectivity index (χ1) is 16.1. The smallest absolute Gasteiger partial charge is 0.237 e. The maximum atomic E-state index is 12.9. The molecule has 0 unspecified atom stereocenters. The summed E-state index contributed by atoms with van der Waals surface area (Å²) in [5.74, 6) is 1.26. The molecule has 0 spiro atoms. The molecule has 2 amide bonds. The van der Waals surface area contributed by atoms with E-state index in [4.69, 9.17) is 12.2 Å². The minimum atomic E-state index is -0.137. The SMILES string of the molecule is O=C1NC[C@@H](CCC(=O)N2CCN(c3ccccn3)CC2)N2C[C@@H](NC(=S)NC3CC3)C[C@@H]12. The molecule has 3 N–H and O–H groups in total. The van der Waals surface area contributed by atoms with E-state index in [-0.39, 0.29) is 29.9 Å². The zero-order chi connectivity index (χ0) is 22.8. The fraction of sp³-hybridized carbons (Fsp3) is 0.652. The molecule has 1 saturated carbocycles. The summed E-state index contributed by atoms with van der Waals surface area (Å²) in [6.07, 6.45) is 6.17. The first-order valence-electron chi connectivity index (χ1n) is 12.1. The molecule has 4 fully saturated rings. The van der Waals surface area contributed by atoms with Crippen LogP contribution in [-0.4, -0.2) is 95.1 Å². The summed E-state index contributed by atoms with van der Waals surface area (Å²) in [5, 5.41) is 10.5. The molecule has 1 aliphatic carbocycles. The van der Waals surface area contributed by atoms with Crippen LogP contribution in [0.3, 0.4) is 0 Å². The third-order valence-electron chi connectivity index (χ3n) is 7.17. The number of piperazine rings is 2. The number of hydrogen-bond acceptors (Lipinski definition) is 6. The summed E-state index contributed by atoms with van der Waals surface area (Å²) < 4.78 is 0. The molecule has 3 atom stereocenters. The minimum absolute atomic E-state index is 0.0913. The highest BCUT2D eigenvalue weighted by Gasteiger charge is 2.43. The number of nitrogens with one attached hydrogen (secondary N) is 3. The van der Waals surface area contributed by atoms with E-state index in [9.17, 15) is 9.59 Å². The molecule has 0 aromatic carbocycles. The normalized spacial score (nSPS) is 27.6. The second-order valence-corrected chi connectivity index (χ2v) is 9.94. The van der Waals surface area contributed by atoms with Crippen LogP contribution >= 0.6 is 12.2 Å². The number of nitrogens with zero attached hydrogens (tertiary/aromatic N) is 4. The summed E-state index contributed by atoms with van der Waals surface area (Å²) >= 11 is 5.43. The third kappa shape index (κ3) is 5.38. The number of anilines is 1. The molecule has 1 aromatic heterocycles. The van der Waals surface area contributed by atoms with Gasteiger partial charge in [-0.3, -0.25) is 14.5 Å². The van der Waals surface area contributed by atoms with Gasteiger partial charge in [-0.25, -0.2) is 4.98 Å². The van der Waals surface area contributed by atoms with Crippen molar-refractivity contribution >= 4 is 35.0 Å². The highest BCUT2D eigenvalue weighted by atomic mass is 32.1. The molecule has 3 saturated heterocycles. The molecule has 10 heteroatoms. The number of rotatable bonds is 6. The van der Waals surface area contributed by atoms with Crippen molar-refractivity contribution < 1.29 is 9.59 Å². The van der Waals surface area contributed by atoms with Crippen LogP contribution in [0.2, 0.25) is 0 Å². The van der Waals surface area contributed by atoms with Crippen molar-refractivity contribution in [1.29, 1.82) is 0 Å². The van der Waals surface area contributed by atoms with Gasteiger partial charge in [0.05, 0.1) is 6.04 Å². The van der Waals surface area contributed by atoms with E-state index in [0.717, 1.165) is 51.4 Å². The molecular formula is C23H33N7O2S. The largest absolute Gasteiger partial charge is 0.360 e. The van der Waals surface area contributed by atoms with E-state index < -0.39 is 0 Å². The van der Waals surface area contributed by atoms with Crippen molar-refractivity contribution in [2.45, 2.75) is 56.3 Å². The number of amides is 2. The second-order valence-electron chi connectivity index (χ2n) is 9.53. The number of aromatic nitrogens is 1. The van der Waals surface area contributed by atoms with Gasteiger partial charge in [-0.05, 0) is 50.0 Å². The van der Waals surface area contributed by atoms with Crippen LogP contribution in [-0.2, 0) is 9.59 Å². The van der Waals surface area contributed by atoms with Gasteiger partial charge in [-0.2, -0.15) is 0 Å². The van der Waals surface area contributed by atoms with E-state index in [1.54, 1.807) is 6.20 Å². The number of thiocarbonyl (C=S) groups is 1. The predicted octanol–water partition coefficient (Wildman–Crippen LogP) is 0.0782. The van der Waals surface area contributed by atoms with E-state index in [2.05, 4.69) is 30.7 Å². The first-order valence-corrected chi connectivity index (χ1v) is 12.5. The molecule has 3 aliphatic heterocycles. The van der Waals surface area contributed by atoms with Gasteiger partial charge in [-0.15, -0.1) is 0 Å². The number of fused-ring (bicyclic) bond motifs is 1. The number of pyridine rings is 1. The van der Waals surface area contributed by atoms with E-state index in [0.29, 0.717) is 24.1 Å². The molecule has 0 bridgehead atoms. The number of carbonyl (C=O) groups is 2. The Kier molecular flexibility index (Phi) is 6.64. The van der Waals surface area contributed by atoms with Gasteiger partial charge in [0.1, 0.15) is 5.82 Å². The van der Waals surface area contributed by atoms with Crippen LogP contribution in [0.15, 0.2) is 24.4 Å². The highest BCUT2D eigenvalue weighted by Crippen LogP contribution is 2.26. The van der Waals surface area contributed by atoms with Crippen molar-refractivity contribution in [2.24, 2.45) is 0 Å². The van der Waals surface area contributed by atoms with Gasteiger partial charge >= 0.3 is 0 Å². The Hall–Kier alpha value is -2.46. The van der Waals surface area contributed by atoms with Crippen molar-refractivity contribution in [3.8, 4) is 0 Å². The Labute approximate surface area is 200 Å². The number of hydrogen-bond donors (Lipinski definition) is 3. The lowest BCUT2D eigenvalue weighted by molar-refractivity contribution is -0.132. The van der Waals surface area contributed by atoms with Crippen LogP contribution < -0.4 is 20.9 Å². The van der Waals surface area contributed by atoms with Crippen molar-refractivity contribution in [1.82, 2.24) is 30.7 Å². The minimum Gasteiger partial charge on any atom is -0.360 e. The summed E-state index contributed by atoms with van der Waals surface area (Å²) in [6, 6.07) is 6.64. The maximum absolute atomic E-state index is 12.9. The van der Waals surface area contributed by atoms with Gasteiger partial charge in [0.15, 0.2) is 5.11 Å². The molecule has 4 aliphatic rings. The summed E-state index contributed by atoms with van der Waals surface area (Å²) in [7, 11) is 0. The van der Waals surface area contributed by atoms with Gasteiger partial charge in [0.25, 0.3) is 0 Å². The van der Waals surface area contributed by atoms with Gasteiger partial charge in [0.2, 0.25) is 11.8 Å². The van der Waals surface area contributed by atoms with Crippen LogP contribution in [0, 0.1) is 0 Å². The lowest BCUT2D eigenvalue weighted by atomic mass is 10.0. The molecule has 33 heavy (non-hydrogen) atoms. The highest BCUT2D eigenvalue weighted by molar-refractivity contribution is 7.80. The number of carbonyl (C=O) groups excluding carboxylic acids is 2. The molecule has 178 valence electrons. The van der Waals surface area contributed by atoms with Gasteiger partial charge < -0.3 is 25.8 Å². The van der Waals surface area contributed by atoms with E-state index in [1.165, 1.54) is 12.8 Å². The standard InChI is InChI=1S/C23H33N7O2S/c31-21(29-11-9-28(10-12-29)20-3-1-2-8-24-20)7-6-18-14-25-22(32)19-13-17(15-30(18)19)27-23(33)26-16-4-5-16/h1-3,8,16-19H,4-7,9-15H2,(H,25,32)(H2,26,27,33)/t17-,18+,19-/m0/s1.